The second kappa shape index (κ2) is 31.4. The van der Waals surface area contributed by atoms with Crippen molar-refractivity contribution < 1.29 is 43.5 Å². The monoisotopic (exact) mass is 1110 g/mol. The van der Waals surface area contributed by atoms with Gasteiger partial charge in [0.2, 0.25) is 41.4 Å². The van der Waals surface area contributed by atoms with E-state index in [1.165, 1.54) is 23.9 Å². The van der Waals surface area contributed by atoms with E-state index in [0.717, 1.165) is 29.3 Å². The van der Waals surface area contributed by atoms with Crippen LogP contribution in [-0.2, 0) is 57.6 Å². The zero-order chi connectivity index (χ0) is 57.6. The third-order valence-electron chi connectivity index (χ3n) is 14.1. The number of carbonyl (C=O) groups is 8. The van der Waals surface area contributed by atoms with Crippen molar-refractivity contribution in [1.29, 1.82) is 0 Å². The predicted molar refractivity (Wildman–Crippen MR) is 309 cm³/mol. The van der Waals surface area contributed by atoms with Crippen LogP contribution in [0.15, 0.2) is 90.1 Å². The summed E-state index contributed by atoms with van der Waals surface area (Å²) in [7, 11) is 0. The van der Waals surface area contributed by atoms with E-state index in [1.54, 1.807) is 83.3 Å². The molecule has 428 valence electrons. The Kier molecular flexibility index (Phi) is 24.9. The largest absolute Gasteiger partial charge is 0.508 e. The Labute approximate surface area is 468 Å². The van der Waals surface area contributed by atoms with Crippen LogP contribution in [0.5, 0.6) is 5.75 Å². The molecule has 7 amide bonds. The van der Waals surface area contributed by atoms with Gasteiger partial charge in [0, 0.05) is 55.2 Å². The Bertz CT molecular complexity index is 2710. The molecule has 0 unspecified atom stereocenters. The number of aromatic hydroxyl groups is 1. The highest BCUT2D eigenvalue weighted by Gasteiger charge is 2.37. The number of aromatic amines is 1. The summed E-state index contributed by atoms with van der Waals surface area (Å²) in [5.41, 5.74) is 8.60. The van der Waals surface area contributed by atoms with Crippen LogP contribution in [0.2, 0.25) is 0 Å². The number of aromatic nitrogens is 1. The van der Waals surface area contributed by atoms with Crippen LogP contribution in [0, 0.1) is 17.8 Å². The number of benzene rings is 3. The summed E-state index contributed by atoms with van der Waals surface area (Å²) in [6.07, 6.45) is 6.02. The number of amides is 7. The number of nitrogens with zero attached hydrogens (tertiary/aromatic N) is 1. The predicted octanol–water partition coefficient (Wildman–Crippen LogP) is 4.69. The van der Waals surface area contributed by atoms with Crippen LogP contribution in [0.3, 0.4) is 0 Å². The zero-order valence-corrected chi connectivity index (χ0v) is 47.5. The molecule has 0 radical (unpaired) electrons. The minimum absolute atomic E-state index is 0.00778. The van der Waals surface area contributed by atoms with Gasteiger partial charge in [-0.05, 0) is 91.3 Å². The average Bonchev–Trinajstić information content (AvgIpc) is 3.89. The van der Waals surface area contributed by atoms with Gasteiger partial charge in [0.15, 0.2) is 5.78 Å². The lowest BCUT2D eigenvalue weighted by molar-refractivity contribution is -0.137. The molecule has 1 fully saturated rings. The number of H-pyrrole nitrogens is 1. The van der Waals surface area contributed by atoms with E-state index >= 15 is 0 Å². The minimum atomic E-state index is -1.34. The lowest BCUT2D eigenvalue weighted by Crippen LogP contribution is -2.61. The van der Waals surface area contributed by atoms with Crippen molar-refractivity contribution in [3.8, 4) is 5.75 Å². The number of phenols is 1. The standard InChI is InChI=1S/C59H82N10O9S/c1-8-9-11-21-45-54(73)63-46(22-16-28-61-37(6)60)55(74)66-47(30-38-17-12-10-13-18-38)56(75)67-48(31-39-23-25-42(70)26-24-39)58(77)69-52(36(4)5)59(78)68-51(35(2)3)50(71)33-40(27-29-79-7)53(72)65-49(57(76)64-45)32-41-34-62-44-20-15-14-19-43(41)44/h10,12-15,17-20,23-26,34-36,40,45-49,51-52,62,70H,8-9,11,16,21-22,27-33H2,1-7H3,(H2,60,61)(H,63,73)(H,64,76)(H,65,72)(H,66,74)(H,67,75)(H,68,78)(H,69,77)/t40-,45+,46+,47+,48+,49+,51+,52+/m1/s1. The first kappa shape index (κ1) is 62.6. The van der Waals surface area contributed by atoms with Crippen molar-refractivity contribution in [2.24, 2.45) is 28.5 Å². The summed E-state index contributed by atoms with van der Waals surface area (Å²) in [4.78, 5) is 125. The Morgan fingerprint density at radius 1 is 0.595 bits per heavy atom. The number of fused-ring (bicyclic) bond motifs is 1. The first-order valence-corrected chi connectivity index (χ1v) is 28.9. The highest BCUT2D eigenvalue weighted by molar-refractivity contribution is 7.98. The number of unbranched alkanes of at least 4 members (excludes halogenated alkanes) is 2. The third kappa shape index (κ3) is 19.6. The number of nitrogens with one attached hydrogen (secondary N) is 8. The van der Waals surface area contributed by atoms with Gasteiger partial charge in [0.25, 0.3) is 0 Å². The van der Waals surface area contributed by atoms with E-state index < -0.39 is 107 Å². The summed E-state index contributed by atoms with van der Waals surface area (Å²) >= 11 is 1.48. The fourth-order valence-corrected chi connectivity index (χ4v) is 10.1. The molecule has 0 aliphatic carbocycles. The summed E-state index contributed by atoms with van der Waals surface area (Å²) < 4.78 is 0. The Hall–Kier alpha value is -7.22. The van der Waals surface area contributed by atoms with Gasteiger partial charge in [-0.3, -0.25) is 43.3 Å². The number of hydrogen-bond acceptors (Lipinski definition) is 11. The van der Waals surface area contributed by atoms with Crippen molar-refractivity contribution >= 4 is 75.6 Å². The van der Waals surface area contributed by atoms with E-state index in [0.29, 0.717) is 29.1 Å². The number of Topliss-reactive ketones (excluding diaryl/α,β-unsaturated/α-hetero) is 1. The zero-order valence-electron chi connectivity index (χ0n) is 46.7. The molecule has 1 aromatic heterocycles. The molecule has 1 saturated heterocycles. The topological polar surface area (TPSA) is 295 Å². The van der Waals surface area contributed by atoms with Crippen LogP contribution >= 0.6 is 11.8 Å². The third-order valence-corrected chi connectivity index (χ3v) is 14.7. The van der Waals surface area contributed by atoms with E-state index in [-0.39, 0.29) is 63.7 Å². The molecular weight excluding hydrogens is 1020 g/mol. The maximum absolute atomic E-state index is 14.9. The van der Waals surface area contributed by atoms with E-state index in [9.17, 15) is 43.5 Å². The minimum Gasteiger partial charge on any atom is -0.508 e. The maximum atomic E-state index is 14.9. The normalized spacial score (nSPS) is 23.0. The molecule has 79 heavy (non-hydrogen) atoms. The maximum Gasteiger partial charge on any atom is 0.243 e. The Morgan fingerprint density at radius 2 is 1.10 bits per heavy atom. The molecule has 1 aliphatic rings. The van der Waals surface area contributed by atoms with Crippen molar-refractivity contribution in [3.05, 3.63) is 102 Å². The second-order valence-electron chi connectivity index (χ2n) is 21.2. The van der Waals surface area contributed by atoms with Gasteiger partial charge >= 0.3 is 0 Å². The lowest BCUT2D eigenvalue weighted by Gasteiger charge is -2.30. The van der Waals surface area contributed by atoms with Crippen molar-refractivity contribution in [1.82, 2.24) is 42.2 Å². The number of aliphatic imine (C=N–C) groups is 1. The van der Waals surface area contributed by atoms with Gasteiger partial charge in [0.05, 0.1) is 11.9 Å². The number of hydrogen-bond donors (Lipinski definition) is 10. The quantitative estimate of drug-likeness (QED) is 0.0349. The average molecular weight is 1110 g/mol. The molecule has 19 nitrogen and oxygen atoms in total. The van der Waals surface area contributed by atoms with E-state index in [1.807, 2.05) is 37.4 Å². The van der Waals surface area contributed by atoms with Crippen LogP contribution < -0.4 is 43.0 Å². The summed E-state index contributed by atoms with van der Waals surface area (Å²) in [5, 5.41) is 31.1. The number of thioether (sulfide) groups is 1. The molecule has 1 aliphatic heterocycles. The number of nitrogens with two attached hydrogens (primary N) is 1. The first-order chi connectivity index (χ1) is 37.8. The van der Waals surface area contributed by atoms with Gasteiger partial charge in [-0.25, -0.2) is 0 Å². The van der Waals surface area contributed by atoms with Gasteiger partial charge < -0.3 is 53.0 Å². The molecule has 8 atom stereocenters. The van der Waals surface area contributed by atoms with E-state index in [4.69, 9.17) is 5.73 Å². The van der Waals surface area contributed by atoms with E-state index in [2.05, 4.69) is 47.2 Å². The molecule has 11 N–H and O–H groups in total. The van der Waals surface area contributed by atoms with Crippen molar-refractivity contribution in [3.63, 3.8) is 0 Å². The number of carbonyl (C=O) groups excluding carboxylic acids is 8. The molecule has 2 heterocycles. The fraction of sp³-hybridized carbons (Fsp3) is 0.508. The molecule has 0 spiro atoms. The number of amidine groups is 1. The van der Waals surface area contributed by atoms with Crippen LogP contribution in [0.25, 0.3) is 10.9 Å². The van der Waals surface area contributed by atoms with Gasteiger partial charge in [0.1, 0.15) is 42.0 Å². The van der Waals surface area contributed by atoms with Gasteiger partial charge in [-0.1, -0.05) is 115 Å². The Balaban J connectivity index is 1.64. The van der Waals surface area contributed by atoms with Gasteiger partial charge in [-0.2, -0.15) is 11.8 Å². The molecule has 0 saturated carbocycles. The first-order valence-electron chi connectivity index (χ1n) is 27.6. The van der Waals surface area contributed by atoms with Crippen LogP contribution in [0.4, 0.5) is 0 Å². The Morgan fingerprint density at radius 3 is 1.68 bits per heavy atom. The molecule has 20 heteroatoms. The van der Waals surface area contributed by atoms with Crippen molar-refractivity contribution in [2.45, 2.75) is 154 Å². The summed E-state index contributed by atoms with van der Waals surface area (Å²) in [6, 6.07) is 13.8. The highest BCUT2D eigenvalue weighted by Crippen LogP contribution is 2.22. The number of ketones is 1. The van der Waals surface area contributed by atoms with Crippen LogP contribution in [0.1, 0.15) is 110 Å². The molecule has 0 bridgehead atoms. The molecule has 4 aromatic rings. The molecule has 3 aromatic carbocycles. The van der Waals surface area contributed by atoms with Crippen LogP contribution in [-0.4, -0.2) is 124 Å². The molecule has 5 rings (SSSR count). The number of rotatable bonds is 19. The SMILES string of the molecule is CCCCC[C@@H]1NC(=O)[C@H](Cc2c[nH]c3ccccc23)NC(=O)[C@H](CCSC)CC(=O)[C@H](C(C)C)NC(=O)[C@H](C(C)C)NC(=O)[C@H](Cc2ccc(O)cc2)NC(=O)[C@H](Cc2ccccc2)NC(=O)[C@H](CCCN=C(C)N)NC1=O. The second-order valence-corrected chi connectivity index (χ2v) is 22.2. The smallest absolute Gasteiger partial charge is 0.243 e. The lowest BCUT2D eigenvalue weighted by atomic mass is 9.89. The summed E-state index contributed by atoms with van der Waals surface area (Å²) in [5.74, 6) is -6.34. The highest BCUT2D eigenvalue weighted by atomic mass is 32.2. The number of para-hydroxylation sites is 1. The van der Waals surface area contributed by atoms with Crippen molar-refractivity contribution in [2.75, 3.05) is 18.6 Å². The summed E-state index contributed by atoms with van der Waals surface area (Å²) in [6.45, 7) is 10.8. The molecular formula is C59H82N10O9S. The van der Waals surface area contributed by atoms with Gasteiger partial charge in [-0.15, -0.1) is 0 Å². The number of phenolic OH excluding ortho intramolecular Hbond substituents is 1. The fourth-order valence-electron chi connectivity index (χ4n) is 9.54.